The number of hydrogen-bond donors (Lipinski definition) is 0. The van der Waals surface area contributed by atoms with Crippen molar-refractivity contribution in [2.45, 2.75) is 39.7 Å². The molecular formula is C13H24N2O3. The van der Waals surface area contributed by atoms with Crippen LogP contribution in [0.3, 0.4) is 0 Å². The van der Waals surface area contributed by atoms with Gasteiger partial charge in [0.15, 0.2) is 0 Å². The first kappa shape index (κ1) is 15.0. The van der Waals surface area contributed by atoms with Crippen molar-refractivity contribution in [1.29, 1.82) is 0 Å². The Morgan fingerprint density at radius 2 is 1.83 bits per heavy atom. The second kappa shape index (κ2) is 7.36. The van der Waals surface area contributed by atoms with Crippen LogP contribution in [0.1, 0.15) is 33.6 Å². The molecule has 0 aromatic heterocycles. The average Bonchev–Trinajstić information content (AvgIpc) is 2.38. The summed E-state index contributed by atoms with van der Waals surface area (Å²) in [6.45, 7) is 8.85. The topological polar surface area (TPSA) is 49.9 Å². The lowest BCUT2D eigenvalue weighted by Crippen LogP contribution is -2.52. The molecule has 0 saturated carbocycles. The molecule has 1 aliphatic heterocycles. The maximum absolute atomic E-state index is 11.7. The van der Waals surface area contributed by atoms with Gasteiger partial charge in [0.2, 0.25) is 0 Å². The highest BCUT2D eigenvalue weighted by Crippen LogP contribution is 2.08. The molecule has 0 bridgehead atoms. The van der Waals surface area contributed by atoms with Gasteiger partial charge in [-0.15, -0.1) is 0 Å². The molecule has 0 aromatic rings. The van der Waals surface area contributed by atoms with Crippen LogP contribution in [0, 0.1) is 0 Å². The molecule has 1 rings (SSSR count). The van der Waals surface area contributed by atoms with Crippen LogP contribution >= 0.6 is 0 Å². The summed E-state index contributed by atoms with van der Waals surface area (Å²) in [5.41, 5.74) is 0. The van der Waals surface area contributed by atoms with Crippen molar-refractivity contribution >= 4 is 11.9 Å². The van der Waals surface area contributed by atoms with Gasteiger partial charge in [-0.3, -0.25) is 9.69 Å². The normalized spacial score (nSPS) is 18.5. The number of ketones is 1. The molecule has 0 spiro atoms. The lowest BCUT2D eigenvalue weighted by atomic mass is 10.2. The molecule has 0 aromatic carbocycles. The summed E-state index contributed by atoms with van der Waals surface area (Å²) in [5.74, 6) is 0.175. The smallest absolute Gasteiger partial charge is 0.409 e. The second-order valence-corrected chi connectivity index (χ2v) is 4.78. The third-order valence-corrected chi connectivity index (χ3v) is 3.43. The molecule has 18 heavy (non-hydrogen) atoms. The van der Waals surface area contributed by atoms with E-state index in [1.54, 1.807) is 11.8 Å². The van der Waals surface area contributed by atoms with E-state index in [1.807, 2.05) is 6.92 Å². The molecule has 0 N–H and O–H groups in total. The molecule has 1 aliphatic rings. The van der Waals surface area contributed by atoms with Gasteiger partial charge in [0.1, 0.15) is 5.78 Å². The molecule has 0 unspecified atom stereocenters. The van der Waals surface area contributed by atoms with Crippen molar-refractivity contribution < 1.29 is 14.3 Å². The largest absolute Gasteiger partial charge is 0.449 e. The lowest BCUT2D eigenvalue weighted by Gasteiger charge is -2.36. The van der Waals surface area contributed by atoms with Crippen LogP contribution in [0.15, 0.2) is 0 Å². The van der Waals surface area contributed by atoms with Gasteiger partial charge in [-0.2, -0.15) is 0 Å². The Hall–Kier alpha value is -1.10. The van der Waals surface area contributed by atoms with Gasteiger partial charge < -0.3 is 9.64 Å². The zero-order chi connectivity index (χ0) is 13.5. The van der Waals surface area contributed by atoms with E-state index in [-0.39, 0.29) is 17.9 Å². The van der Waals surface area contributed by atoms with Gasteiger partial charge in [0.25, 0.3) is 0 Å². The minimum absolute atomic E-state index is 0.0525. The first-order valence-electron chi connectivity index (χ1n) is 6.72. The molecule has 1 saturated heterocycles. The van der Waals surface area contributed by atoms with Gasteiger partial charge in [-0.25, -0.2) is 4.79 Å². The molecular weight excluding hydrogens is 232 g/mol. The summed E-state index contributed by atoms with van der Waals surface area (Å²) in [5, 5.41) is 0. The summed E-state index contributed by atoms with van der Waals surface area (Å²) in [7, 11) is 0. The quantitative estimate of drug-likeness (QED) is 0.700. The molecule has 5 nitrogen and oxygen atoms in total. The summed E-state index contributed by atoms with van der Waals surface area (Å²) < 4.78 is 5.17. The Bertz CT molecular complexity index is 286. The molecule has 5 heteroatoms. The molecule has 1 fully saturated rings. The number of nitrogens with zero attached hydrogens (tertiary/aromatic N) is 2. The van der Waals surface area contributed by atoms with E-state index in [4.69, 9.17) is 4.74 Å². The molecule has 0 aliphatic carbocycles. The zero-order valence-electron chi connectivity index (χ0n) is 11.6. The SMILES string of the molecule is CCCCOC(=O)N1CCN([C@H](C)C(C)=O)CC1. The Balaban J connectivity index is 2.30. The standard InChI is InChI=1S/C13H24N2O3/c1-4-5-10-18-13(17)15-8-6-14(7-9-15)11(2)12(3)16/h11H,4-10H2,1-3H3/t11-/m1/s1. The van der Waals surface area contributed by atoms with Crippen molar-refractivity contribution in [1.82, 2.24) is 9.80 Å². The van der Waals surface area contributed by atoms with Gasteiger partial charge in [-0.1, -0.05) is 13.3 Å². The predicted octanol–water partition coefficient (Wildman–Crippen LogP) is 1.52. The minimum atomic E-state index is -0.224. The van der Waals surface area contributed by atoms with Gasteiger partial charge >= 0.3 is 6.09 Å². The lowest BCUT2D eigenvalue weighted by molar-refractivity contribution is -0.122. The molecule has 1 atom stereocenters. The number of ether oxygens (including phenoxy) is 1. The number of carbonyl (C=O) groups excluding carboxylic acids is 2. The number of rotatable bonds is 5. The number of hydrogen-bond acceptors (Lipinski definition) is 4. The van der Waals surface area contributed by atoms with E-state index in [9.17, 15) is 9.59 Å². The van der Waals surface area contributed by atoms with E-state index in [0.29, 0.717) is 19.7 Å². The van der Waals surface area contributed by atoms with Gasteiger partial charge in [-0.05, 0) is 20.3 Å². The molecule has 1 heterocycles. The number of unbranched alkanes of at least 4 members (excludes halogenated alkanes) is 1. The Morgan fingerprint density at radius 3 is 2.33 bits per heavy atom. The number of Topliss-reactive ketones (excluding diaryl/α,β-unsaturated/α-hetero) is 1. The van der Waals surface area contributed by atoms with Gasteiger partial charge in [0, 0.05) is 26.2 Å². The summed E-state index contributed by atoms with van der Waals surface area (Å²) >= 11 is 0. The van der Waals surface area contributed by atoms with E-state index >= 15 is 0 Å². The highest BCUT2D eigenvalue weighted by molar-refractivity contribution is 5.81. The summed E-state index contributed by atoms with van der Waals surface area (Å²) in [4.78, 5) is 26.8. The van der Waals surface area contributed by atoms with E-state index in [0.717, 1.165) is 25.9 Å². The second-order valence-electron chi connectivity index (χ2n) is 4.78. The number of carbonyl (C=O) groups is 2. The van der Waals surface area contributed by atoms with E-state index in [2.05, 4.69) is 11.8 Å². The van der Waals surface area contributed by atoms with Crippen LogP contribution in [0.25, 0.3) is 0 Å². The maximum Gasteiger partial charge on any atom is 0.409 e. The van der Waals surface area contributed by atoms with Crippen LogP contribution in [0.2, 0.25) is 0 Å². The van der Waals surface area contributed by atoms with Crippen LogP contribution in [-0.2, 0) is 9.53 Å². The summed E-state index contributed by atoms with van der Waals surface area (Å²) in [6, 6.07) is -0.0525. The van der Waals surface area contributed by atoms with Crippen LogP contribution in [-0.4, -0.2) is 60.5 Å². The Kier molecular flexibility index (Phi) is 6.12. The molecule has 1 amide bonds. The third kappa shape index (κ3) is 4.29. The first-order chi connectivity index (χ1) is 8.56. The van der Waals surface area contributed by atoms with Crippen LogP contribution in [0.5, 0.6) is 0 Å². The molecule has 0 radical (unpaired) electrons. The fourth-order valence-corrected chi connectivity index (χ4v) is 1.94. The third-order valence-electron chi connectivity index (χ3n) is 3.43. The highest BCUT2D eigenvalue weighted by Gasteiger charge is 2.26. The van der Waals surface area contributed by atoms with Crippen molar-refractivity contribution in [3.05, 3.63) is 0 Å². The zero-order valence-corrected chi connectivity index (χ0v) is 11.6. The fraction of sp³-hybridized carbons (Fsp3) is 0.846. The van der Waals surface area contributed by atoms with E-state index < -0.39 is 0 Å². The number of amides is 1. The van der Waals surface area contributed by atoms with Gasteiger partial charge in [0.05, 0.1) is 12.6 Å². The Morgan fingerprint density at radius 1 is 1.22 bits per heavy atom. The fourth-order valence-electron chi connectivity index (χ4n) is 1.94. The highest BCUT2D eigenvalue weighted by atomic mass is 16.6. The molecule has 104 valence electrons. The van der Waals surface area contributed by atoms with Crippen molar-refractivity contribution in [2.24, 2.45) is 0 Å². The van der Waals surface area contributed by atoms with Crippen molar-refractivity contribution in [3.63, 3.8) is 0 Å². The van der Waals surface area contributed by atoms with Crippen LogP contribution < -0.4 is 0 Å². The Labute approximate surface area is 109 Å². The van der Waals surface area contributed by atoms with Crippen molar-refractivity contribution in [3.8, 4) is 0 Å². The predicted molar refractivity (Wildman–Crippen MR) is 69.5 cm³/mol. The minimum Gasteiger partial charge on any atom is -0.449 e. The van der Waals surface area contributed by atoms with Crippen LogP contribution in [0.4, 0.5) is 4.79 Å². The van der Waals surface area contributed by atoms with E-state index in [1.165, 1.54) is 0 Å². The monoisotopic (exact) mass is 256 g/mol. The summed E-state index contributed by atoms with van der Waals surface area (Å²) in [6.07, 6.45) is 1.71. The number of piperazine rings is 1. The van der Waals surface area contributed by atoms with Crippen molar-refractivity contribution in [2.75, 3.05) is 32.8 Å². The first-order valence-corrected chi connectivity index (χ1v) is 6.72. The average molecular weight is 256 g/mol. The maximum atomic E-state index is 11.7.